The van der Waals surface area contributed by atoms with Crippen molar-refractivity contribution in [2.24, 2.45) is 0 Å². The van der Waals surface area contributed by atoms with Gasteiger partial charge in [0.25, 0.3) is 0 Å². The van der Waals surface area contributed by atoms with Gasteiger partial charge in [0, 0.05) is 13.2 Å². The lowest BCUT2D eigenvalue weighted by Gasteiger charge is -2.21. The van der Waals surface area contributed by atoms with Gasteiger partial charge in [-0.25, -0.2) is 0 Å². The van der Waals surface area contributed by atoms with Gasteiger partial charge in [-0.05, 0) is 20.3 Å². The summed E-state index contributed by atoms with van der Waals surface area (Å²) >= 11 is 0. The minimum absolute atomic E-state index is 0.515. The molecular weight excluding hydrogens is 203 g/mol. The van der Waals surface area contributed by atoms with Crippen LogP contribution in [0.1, 0.15) is 33.6 Å². The zero-order valence-electron chi connectivity index (χ0n) is 9.23. The Bertz CT molecular complexity index is 117. The highest BCUT2D eigenvalue weighted by molar-refractivity contribution is 7.46. The molecule has 0 aliphatic rings. The average Bonchev–Trinajstić information content (AvgIpc) is 2.18. The van der Waals surface area contributed by atoms with Crippen LogP contribution >= 0.6 is 8.38 Å². The molecule has 5 heteroatoms. The molecule has 0 spiro atoms. The Balaban J connectivity index is 3.69. The van der Waals surface area contributed by atoms with Crippen LogP contribution in [0.3, 0.4) is 0 Å². The summed E-state index contributed by atoms with van der Waals surface area (Å²) in [6.07, 6.45) is 2.00. The van der Waals surface area contributed by atoms with Crippen molar-refractivity contribution in [2.75, 3.05) is 19.8 Å². The van der Waals surface area contributed by atoms with E-state index in [-0.39, 0.29) is 0 Å². The zero-order valence-corrected chi connectivity index (χ0v) is 10.1. The molecule has 0 aromatic carbocycles. The molecule has 14 heavy (non-hydrogen) atoms. The summed E-state index contributed by atoms with van der Waals surface area (Å²) in [7, 11) is -1.61. The topological polar surface area (TPSA) is 47.9 Å². The van der Waals surface area contributed by atoms with E-state index in [9.17, 15) is 4.89 Å². The van der Waals surface area contributed by atoms with Crippen molar-refractivity contribution in [3.05, 3.63) is 0 Å². The molecule has 0 heterocycles. The molecule has 86 valence electrons. The fraction of sp³-hybridized carbons (Fsp3) is 1.00. The average molecular weight is 224 g/mol. The lowest BCUT2D eigenvalue weighted by molar-refractivity contribution is -0.0893. The Kier molecular flexibility index (Phi) is 10.0. The van der Waals surface area contributed by atoms with Crippen molar-refractivity contribution >= 4 is 8.38 Å². The molecule has 0 saturated carbocycles. The molecule has 0 aliphatic heterocycles. The molecule has 1 N–H and O–H groups in total. The Morgan fingerprint density at radius 3 is 2.14 bits per heavy atom. The first-order valence-electron chi connectivity index (χ1n) is 5.10. The lowest BCUT2D eigenvalue weighted by atomic mass is 10.4. The monoisotopic (exact) mass is 224 g/mol. The first-order chi connectivity index (χ1) is 6.76. The summed E-state index contributed by atoms with van der Waals surface area (Å²) in [5, 5.41) is 0. The molecule has 0 amide bonds. The van der Waals surface area contributed by atoms with E-state index >= 15 is 0 Å². The zero-order chi connectivity index (χ0) is 10.8. The first kappa shape index (κ1) is 14.3. The maximum absolute atomic E-state index is 9.59. The van der Waals surface area contributed by atoms with Crippen molar-refractivity contribution in [1.82, 2.24) is 0 Å². The van der Waals surface area contributed by atoms with Crippen LogP contribution in [-0.4, -0.2) is 30.7 Å². The fourth-order valence-corrected chi connectivity index (χ4v) is 1.82. The van der Waals surface area contributed by atoms with E-state index in [0.717, 1.165) is 12.8 Å². The van der Waals surface area contributed by atoms with Gasteiger partial charge in [0.1, 0.15) is 0 Å². The highest BCUT2D eigenvalue weighted by Crippen LogP contribution is 2.39. The van der Waals surface area contributed by atoms with Crippen LogP contribution < -0.4 is 0 Å². The first-order valence-corrected chi connectivity index (χ1v) is 6.38. The summed E-state index contributed by atoms with van der Waals surface area (Å²) in [5.74, 6) is 0. The van der Waals surface area contributed by atoms with Gasteiger partial charge in [0.15, 0.2) is 0 Å². The van der Waals surface area contributed by atoms with Crippen molar-refractivity contribution in [1.29, 1.82) is 0 Å². The second-order valence-corrected chi connectivity index (χ2v) is 3.99. The molecule has 0 saturated heterocycles. The molecule has 4 nitrogen and oxygen atoms in total. The predicted octanol–water partition coefficient (Wildman–Crippen LogP) is 2.46. The number of ether oxygens (including phenoxy) is 2. The van der Waals surface area contributed by atoms with Gasteiger partial charge in [0.05, 0.1) is 6.61 Å². The van der Waals surface area contributed by atoms with Gasteiger partial charge in [-0.3, -0.25) is 0 Å². The van der Waals surface area contributed by atoms with Crippen LogP contribution in [0.15, 0.2) is 0 Å². The van der Waals surface area contributed by atoms with Gasteiger partial charge in [-0.2, -0.15) is 0 Å². The Morgan fingerprint density at radius 2 is 1.71 bits per heavy atom. The summed E-state index contributed by atoms with van der Waals surface area (Å²) < 4.78 is 15.6. The van der Waals surface area contributed by atoms with E-state index in [1.807, 2.05) is 13.8 Å². The minimum Gasteiger partial charge on any atom is -0.346 e. The maximum Gasteiger partial charge on any atom is 0.228 e. The van der Waals surface area contributed by atoms with Crippen LogP contribution in [0.4, 0.5) is 0 Å². The van der Waals surface area contributed by atoms with E-state index in [1.54, 1.807) is 0 Å². The van der Waals surface area contributed by atoms with Crippen LogP contribution in [0.5, 0.6) is 0 Å². The summed E-state index contributed by atoms with van der Waals surface area (Å²) in [6, 6.07) is -0.600. The van der Waals surface area contributed by atoms with E-state index in [0.29, 0.717) is 19.8 Å². The Labute approximate surface area is 87.5 Å². The minimum atomic E-state index is -1.61. The van der Waals surface area contributed by atoms with Crippen LogP contribution in [0, 0.1) is 0 Å². The second kappa shape index (κ2) is 9.81. The SMILES string of the molecule is CCCCOP(O)C(OCC)OCC. The lowest BCUT2D eigenvalue weighted by Crippen LogP contribution is -2.16. The van der Waals surface area contributed by atoms with Crippen molar-refractivity contribution < 1.29 is 18.9 Å². The molecule has 0 aliphatic carbocycles. The number of hydrogen-bond acceptors (Lipinski definition) is 4. The van der Waals surface area contributed by atoms with Crippen LogP contribution in [0.2, 0.25) is 0 Å². The fourth-order valence-electron chi connectivity index (χ4n) is 0.824. The van der Waals surface area contributed by atoms with Gasteiger partial charge in [-0.1, -0.05) is 13.3 Å². The quantitative estimate of drug-likeness (QED) is 0.371. The Morgan fingerprint density at radius 1 is 1.14 bits per heavy atom. The van der Waals surface area contributed by atoms with Crippen LogP contribution in [0.25, 0.3) is 0 Å². The molecule has 1 atom stereocenters. The number of unbranched alkanes of at least 4 members (excludes halogenated alkanes) is 1. The third kappa shape index (κ3) is 6.68. The third-order valence-corrected chi connectivity index (χ3v) is 2.63. The summed E-state index contributed by atoms with van der Waals surface area (Å²) in [5.41, 5.74) is 0. The van der Waals surface area contributed by atoms with Gasteiger partial charge in [-0.15, -0.1) is 0 Å². The largest absolute Gasteiger partial charge is 0.346 e. The maximum atomic E-state index is 9.59. The third-order valence-electron chi connectivity index (χ3n) is 1.52. The molecule has 1 unspecified atom stereocenters. The van der Waals surface area contributed by atoms with Crippen molar-refractivity contribution in [2.45, 2.75) is 39.6 Å². The van der Waals surface area contributed by atoms with Gasteiger partial charge in [0.2, 0.25) is 14.4 Å². The van der Waals surface area contributed by atoms with E-state index in [2.05, 4.69) is 6.92 Å². The number of hydrogen-bond donors (Lipinski definition) is 1. The van der Waals surface area contributed by atoms with E-state index in [1.165, 1.54) is 0 Å². The van der Waals surface area contributed by atoms with Crippen LogP contribution in [-0.2, 0) is 14.0 Å². The molecule has 0 aromatic rings. The molecular formula is C9H21O4P. The Hall–Kier alpha value is 0.270. The van der Waals surface area contributed by atoms with Crippen molar-refractivity contribution in [3.63, 3.8) is 0 Å². The molecule has 0 rings (SSSR count). The smallest absolute Gasteiger partial charge is 0.228 e. The molecule has 0 radical (unpaired) electrons. The molecule has 0 fully saturated rings. The van der Waals surface area contributed by atoms with Gasteiger partial charge < -0.3 is 18.9 Å². The highest BCUT2D eigenvalue weighted by Gasteiger charge is 2.21. The van der Waals surface area contributed by atoms with Gasteiger partial charge >= 0.3 is 0 Å². The summed E-state index contributed by atoms with van der Waals surface area (Å²) in [4.78, 5) is 9.59. The van der Waals surface area contributed by atoms with E-state index in [4.69, 9.17) is 14.0 Å². The standard InChI is InChI=1S/C9H21O4P/c1-4-7-8-13-14(10)9(11-5-2)12-6-3/h9-10H,4-8H2,1-3H3. The molecule has 0 bridgehead atoms. The molecule has 0 aromatic heterocycles. The number of rotatable bonds is 9. The highest BCUT2D eigenvalue weighted by atomic mass is 31.2. The van der Waals surface area contributed by atoms with E-state index < -0.39 is 14.4 Å². The second-order valence-electron chi connectivity index (χ2n) is 2.71. The predicted molar refractivity (Wildman–Crippen MR) is 57.0 cm³/mol. The van der Waals surface area contributed by atoms with Crippen molar-refractivity contribution in [3.8, 4) is 0 Å². The summed E-state index contributed by atoms with van der Waals surface area (Å²) in [6.45, 7) is 7.39. The normalized spacial score (nSPS) is 13.5.